The van der Waals surface area contributed by atoms with Crippen LogP contribution in [-0.4, -0.2) is 105 Å². The van der Waals surface area contributed by atoms with Gasteiger partial charge < -0.3 is 15.0 Å². The van der Waals surface area contributed by atoms with Crippen LogP contribution < -0.4 is 5.32 Å². The Morgan fingerprint density at radius 3 is 2.26 bits per heavy atom. The second-order valence-corrected chi connectivity index (χ2v) is 7.45. The first-order valence-electron chi connectivity index (χ1n) is 9.95. The minimum atomic E-state index is -4.17. The number of nitrogens with one attached hydrogen (secondary N) is 1. The quantitative estimate of drug-likeness (QED) is 0.547. The molecule has 2 unspecified atom stereocenters. The minimum absolute atomic E-state index is 0.397. The van der Waals surface area contributed by atoms with Crippen molar-refractivity contribution in [1.82, 2.24) is 20.0 Å². The van der Waals surface area contributed by atoms with Crippen LogP contribution in [0, 0.1) is 5.92 Å². The van der Waals surface area contributed by atoms with Crippen LogP contribution in [0.25, 0.3) is 0 Å². The van der Waals surface area contributed by atoms with Crippen LogP contribution in [0.5, 0.6) is 0 Å². The Morgan fingerprint density at radius 1 is 1.07 bits per heavy atom. The van der Waals surface area contributed by atoms with Gasteiger partial charge in [-0.15, -0.1) is 0 Å². The average molecular weight is 393 g/mol. The van der Waals surface area contributed by atoms with Crippen LogP contribution in [0.15, 0.2) is 4.99 Å². The third kappa shape index (κ3) is 7.12. The largest absolute Gasteiger partial charge is 0.403 e. The molecule has 2 atom stereocenters. The summed E-state index contributed by atoms with van der Waals surface area (Å²) in [5.41, 5.74) is 0. The molecule has 0 amide bonds. The van der Waals surface area contributed by atoms with Crippen LogP contribution in [0.1, 0.15) is 20.8 Å². The Kier molecular flexibility index (Phi) is 8.62. The maximum Gasteiger partial charge on any atom is 0.403 e. The van der Waals surface area contributed by atoms with E-state index >= 15 is 0 Å². The van der Waals surface area contributed by atoms with Gasteiger partial charge in [-0.3, -0.25) is 14.8 Å². The predicted molar refractivity (Wildman–Crippen MR) is 101 cm³/mol. The van der Waals surface area contributed by atoms with Gasteiger partial charge in [-0.2, -0.15) is 13.2 Å². The molecule has 1 N–H and O–H groups in total. The first-order valence-corrected chi connectivity index (χ1v) is 9.95. The van der Waals surface area contributed by atoms with Gasteiger partial charge in [0.15, 0.2) is 5.96 Å². The van der Waals surface area contributed by atoms with E-state index in [1.807, 2.05) is 6.92 Å². The van der Waals surface area contributed by atoms with Crippen molar-refractivity contribution in [3.8, 4) is 0 Å². The minimum Gasteiger partial charge on any atom is -0.379 e. The van der Waals surface area contributed by atoms with Crippen molar-refractivity contribution >= 4 is 5.96 Å². The van der Waals surface area contributed by atoms with Gasteiger partial charge in [0.05, 0.1) is 13.2 Å². The number of morpholine rings is 1. The highest BCUT2D eigenvalue weighted by Gasteiger charge is 2.41. The maximum absolute atomic E-state index is 12.9. The molecule has 2 saturated heterocycles. The average Bonchev–Trinajstić information content (AvgIpc) is 2.65. The number of guanidine groups is 1. The first kappa shape index (κ1) is 22.2. The number of hydrogen-bond donors (Lipinski definition) is 1. The number of nitrogens with zero attached hydrogens (tertiary/aromatic N) is 4. The zero-order valence-corrected chi connectivity index (χ0v) is 16.8. The summed E-state index contributed by atoms with van der Waals surface area (Å²) in [7, 11) is 0. The molecule has 2 heterocycles. The molecule has 2 aliphatic heterocycles. The van der Waals surface area contributed by atoms with Crippen molar-refractivity contribution in [1.29, 1.82) is 0 Å². The van der Waals surface area contributed by atoms with Crippen molar-refractivity contribution in [2.75, 3.05) is 72.1 Å². The lowest BCUT2D eigenvalue weighted by Gasteiger charge is -2.39. The van der Waals surface area contributed by atoms with E-state index in [0.29, 0.717) is 38.6 Å². The summed E-state index contributed by atoms with van der Waals surface area (Å²) in [5, 5.41) is 3.29. The molecule has 27 heavy (non-hydrogen) atoms. The number of rotatable bonds is 6. The van der Waals surface area contributed by atoms with E-state index < -0.39 is 12.2 Å². The zero-order valence-electron chi connectivity index (χ0n) is 16.8. The normalized spacial score (nSPS) is 23.3. The molecule has 0 bridgehead atoms. The molecule has 0 saturated carbocycles. The van der Waals surface area contributed by atoms with E-state index in [-0.39, 0.29) is 0 Å². The zero-order chi connectivity index (χ0) is 19.9. The van der Waals surface area contributed by atoms with Gasteiger partial charge in [0, 0.05) is 58.9 Å². The van der Waals surface area contributed by atoms with Crippen molar-refractivity contribution in [2.45, 2.75) is 33.0 Å². The number of ether oxygens (including phenoxy) is 1. The predicted octanol–water partition coefficient (Wildman–Crippen LogP) is 1.49. The third-order valence-electron chi connectivity index (χ3n) is 5.20. The summed E-state index contributed by atoms with van der Waals surface area (Å²) < 4.78 is 44.1. The Balaban J connectivity index is 1.84. The molecular formula is C18H34F3N5O. The van der Waals surface area contributed by atoms with Crippen molar-refractivity contribution < 1.29 is 17.9 Å². The van der Waals surface area contributed by atoms with Crippen molar-refractivity contribution in [3.05, 3.63) is 0 Å². The lowest BCUT2D eigenvalue weighted by Crippen LogP contribution is -2.56. The highest BCUT2D eigenvalue weighted by atomic mass is 19.4. The summed E-state index contributed by atoms with van der Waals surface area (Å²) >= 11 is 0. The Morgan fingerprint density at radius 2 is 1.70 bits per heavy atom. The molecule has 6 nitrogen and oxygen atoms in total. The molecule has 2 fully saturated rings. The van der Waals surface area contributed by atoms with Gasteiger partial charge in [0.2, 0.25) is 0 Å². The fourth-order valence-corrected chi connectivity index (χ4v) is 3.48. The van der Waals surface area contributed by atoms with Crippen LogP contribution in [-0.2, 0) is 4.74 Å². The molecule has 0 radical (unpaired) electrons. The molecule has 9 heteroatoms. The molecule has 2 rings (SSSR count). The van der Waals surface area contributed by atoms with Crippen LogP contribution in [0.3, 0.4) is 0 Å². The lowest BCUT2D eigenvalue weighted by molar-refractivity contribution is -0.181. The smallest absolute Gasteiger partial charge is 0.379 e. The summed E-state index contributed by atoms with van der Waals surface area (Å²) in [6.45, 7) is 13.3. The molecule has 0 aromatic carbocycles. The van der Waals surface area contributed by atoms with E-state index in [1.54, 1.807) is 0 Å². The number of alkyl halides is 3. The number of hydrogen-bond acceptors (Lipinski definition) is 4. The second-order valence-electron chi connectivity index (χ2n) is 7.45. The van der Waals surface area contributed by atoms with Crippen molar-refractivity contribution in [2.24, 2.45) is 10.9 Å². The first-order chi connectivity index (χ1) is 12.8. The number of halogens is 3. The number of aliphatic imine (C=N–C) groups is 1. The van der Waals surface area contributed by atoms with Gasteiger partial charge in [0.1, 0.15) is 6.04 Å². The summed E-state index contributed by atoms with van der Waals surface area (Å²) in [6, 6.07) is -1.40. The van der Waals surface area contributed by atoms with E-state index in [2.05, 4.69) is 22.0 Å². The van der Waals surface area contributed by atoms with Gasteiger partial charge in [-0.05, 0) is 19.8 Å². The fourth-order valence-electron chi connectivity index (χ4n) is 3.48. The van der Waals surface area contributed by atoms with Gasteiger partial charge >= 0.3 is 6.18 Å². The fraction of sp³-hybridized carbons (Fsp3) is 0.944. The number of piperazine rings is 1. The molecule has 2 aliphatic rings. The maximum atomic E-state index is 12.9. The van der Waals surface area contributed by atoms with E-state index in [0.717, 1.165) is 45.4 Å². The van der Waals surface area contributed by atoms with Crippen LogP contribution >= 0.6 is 0 Å². The molecule has 0 aromatic heterocycles. The SMILES string of the molecule is CCNC(=NCC(C)CN1CCOCC1)N1CCN(C(C)C(F)(F)F)CC1. The second kappa shape index (κ2) is 10.5. The molecular weight excluding hydrogens is 359 g/mol. The van der Waals surface area contributed by atoms with Gasteiger partial charge in [0.25, 0.3) is 0 Å². The van der Waals surface area contributed by atoms with E-state index in [4.69, 9.17) is 9.73 Å². The van der Waals surface area contributed by atoms with Gasteiger partial charge in [-0.25, -0.2) is 0 Å². The summed E-state index contributed by atoms with van der Waals surface area (Å²) in [4.78, 5) is 10.7. The lowest BCUT2D eigenvalue weighted by atomic mass is 10.1. The molecule has 0 aliphatic carbocycles. The molecule has 0 spiro atoms. The van der Waals surface area contributed by atoms with Crippen LogP contribution in [0.2, 0.25) is 0 Å². The van der Waals surface area contributed by atoms with Crippen LogP contribution in [0.4, 0.5) is 13.2 Å². The highest BCUT2D eigenvalue weighted by molar-refractivity contribution is 5.80. The Hall–Kier alpha value is -1.06. The van der Waals surface area contributed by atoms with Gasteiger partial charge in [-0.1, -0.05) is 6.92 Å². The summed E-state index contributed by atoms with van der Waals surface area (Å²) in [6.07, 6.45) is -4.17. The topological polar surface area (TPSA) is 43.3 Å². The summed E-state index contributed by atoms with van der Waals surface area (Å²) in [5.74, 6) is 1.23. The van der Waals surface area contributed by atoms with Crippen molar-refractivity contribution in [3.63, 3.8) is 0 Å². The molecule has 158 valence electrons. The third-order valence-corrected chi connectivity index (χ3v) is 5.20. The standard InChI is InChI=1S/C18H34F3N5O/c1-4-22-17(23-13-15(2)14-24-9-11-27-12-10-24)26-7-5-25(6-8-26)16(3)18(19,20)21/h15-16H,4-14H2,1-3H3,(H,22,23). The van der Waals surface area contributed by atoms with E-state index in [1.165, 1.54) is 11.8 Å². The Labute approximate surface area is 160 Å². The molecule has 0 aromatic rings. The highest BCUT2D eigenvalue weighted by Crippen LogP contribution is 2.25. The Bertz CT molecular complexity index is 460. The van der Waals surface area contributed by atoms with E-state index in [9.17, 15) is 13.2 Å². The monoisotopic (exact) mass is 393 g/mol.